The number of anilines is 1. The number of amides is 2. The van der Waals surface area contributed by atoms with Gasteiger partial charge in [-0.25, -0.2) is 0 Å². The summed E-state index contributed by atoms with van der Waals surface area (Å²) in [6, 6.07) is -0.440. The number of carbonyl (C=O) groups excluding carboxylic acids is 2. The molecule has 1 aliphatic heterocycles. The standard InChI is InChI=1S/C14H22N4O2/c1-5-11-9(2)13(17(4)16-11)15-14(20)10(3)18-8-6-7-12(18)19/h10H,5-8H2,1-4H3,(H,15,20). The molecule has 0 radical (unpaired) electrons. The highest BCUT2D eigenvalue weighted by molar-refractivity contribution is 5.97. The van der Waals surface area contributed by atoms with Gasteiger partial charge >= 0.3 is 0 Å². The van der Waals surface area contributed by atoms with E-state index in [2.05, 4.69) is 10.4 Å². The fraction of sp³-hybridized carbons (Fsp3) is 0.643. The average Bonchev–Trinajstić information content (AvgIpc) is 2.95. The van der Waals surface area contributed by atoms with E-state index in [9.17, 15) is 9.59 Å². The van der Waals surface area contributed by atoms with E-state index in [-0.39, 0.29) is 11.8 Å². The molecule has 20 heavy (non-hydrogen) atoms. The third-order valence-corrected chi connectivity index (χ3v) is 3.92. The van der Waals surface area contributed by atoms with Gasteiger partial charge in [-0.3, -0.25) is 14.3 Å². The molecular formula is C14H22N4O2. The molecule has 1 N–H and O–H groups in total. The molecule has 1 atom stereocenters. The van der Waals surface area contributed by atoms with Crippen LogP contribution >= 0.6 is 0 Å². The lowest BCUT2D eigenvalue weighted by Gasteiger charge is -2.23. The summed E-state index contributed by atoms with van der Waals surface area (Å²) in [5, 5.41) is 7.27. The molecular weight excluding hydrogens is 256 g/mol. The normalized spacial score (nSPS) is 16.6. The number of likely N-dealkylation sites (tertiary alicyclic amines) is 1. The van der Waals surface area contributed by atoms with Gasteiger partial charge in [-0.1, -0.05) is 6.92 Å². The zero-order chi connectivity index (χ0) is 14.9. The molecule has 6 nitrogen and oxygen atoms in total. The summed E-state index contributed by atoms with van der Waals surface area (Å²) in [6.45, 7) is 6.42. The highest BCUT2D eigenvalue weighted by Gasteiger charge is 2.30. The van der Waals surface area contributed by atoms with E-state index in [0.29, 0.717) is 18.8 Å². The van der Waals surface area contributed by atoms with Crippen molar-refractivity contribution in [1.82, 2.24) is 14.7 Å². The van der Waals surface area contributed by atoms with Crippen molar-refractivity contribution >= 4 is 17.6 Å². The first-order valence-electron chi connectivity index (χ1n) is 7.08. The first-order chi connectivity index (χ1) is 9.45. The minimum Gasteiger partial charge on any atom is -0.331 e. The van der Waals surface area contributed by atoms with Crippen molar-refractivity contribution in [2.45, 2.75) is 46.1 Å². The van der Waals surface area contributed by atoms with Gasteiger partial charge in [0.05, 0.1) is 5.69 Å². The van der Waals surface area contributed by atoms with Crippen LogP contribution in [0.5, 0.6) is 0 Å². The monoisotopic (exact) mass is 278 g/mol. The number of hydrogen-bond donors (Lipinski definition) is 1. The number of aromatic nitrogens is 2. The molecule has 6 heteroatoms. The molecule has 1 unspecified atom stereocenters. The first kappa shape index (κ1) is 14.6. The van der Waals surface area contributed by atoms with Gasteiger partial charge < -0.3 is 10.2 Å². The van der Waals surface area contributed by atoms with Gasteiger partial charge in [-0.15, -0.1) is 0 Å². The van der Waals surface area contributed by atoms with E-state index in [4.69, 9.17) is 0 Å². The number of hydrogen-bond acceptors (Lipinski definition) is 3. The van der Waals surface area contributed by atoms with Crippen LogP contribution in [0.15, 0.2) is 0 Å². The van der Waals surface area contributed by atoms with E-state index in [1.54, 1.807) is 16.5 Å². The van der Waals surface area contributed by atoms with Gasteiger partial charge in [0.2, 0.25) is 11.8 Å². The van der Waals surface area contributed by atoms with E-state index in [1.165, 1.54) is 0 Å². The zero-order valence-corrected chi connectivity index (χ0v) is 12.6. The number of carbonyl (C=O) groups is 2. The Bertz CT molecular complexity index is 536. The maximum atomic E-state index is 12.3. The third-order valence-electron chi connectivity index (χ3n) is 3.92. The quantitative estimate of drug-likeness (QED) is 0.901. The molecule has 2 heterocycles. The predicted octanol–water partition coefficient (Wildman–Crippen LogP) is 1.24. The molecule has 110 valence electrons. The molecule has 0 bridgehead atoms. The molecule has 1 aromatic heterocycles. The highest BCUT2D eigenvalue weighted by atomic mass is 16.2. The van der Waals surface area contributed by atoms with Gasteiger partial charge in [-0.2, -0.15) is 5.10 Å². The number of aryl methyl sites for hydroxylation is 2. The molecule has 1 saturated heterocycles. The second-order valence-electron chi connectivity index (χ2n) is 5.25. The van der Waals surface area contributed by atoms with Crippen molar-refractivity contribution < 1.29 is 9.59 Å². The lowest BCUT2D eigenvalue weighted by molar-refractivity contribution is -0.134. The second-order valence-corrected chi connectivity index (χ2v) is 5.25. The number of nitrogens with zero attached hydrogens (tertiary/aromatic N) is 3. The molecule has 2 rings (SSSR count). The third kappa shape index (κ3) is 2.55. The lowest BCUT2D eigenvalue weighted by Crippen LogP contribution is -2.42. The summed E-state index contributed by atoms with van der Waals surface area (Å²) >= 11 is 0. The molecule has 0 aromatic carbocycles. The van der Waals surface area contributed by atoms with Gasteiger partial charge in [0.25, 0.3) is 0 Å². The van der Waals surface area contributed by atoms with Crippen LogP contribution in [0.25, 0.3) is 0 Å². The Morgan fingerprint density at radius 3 is 2.70 bits per heavy atom. The Morgan fingerprint density at radius 1 is 1.50 bits per heavy atom. The average molecular weight is 278 g/mol. The maximum absolute atomic E-state index is 12.3. The van der Waals surface area contributed by atoms with Crippen LogP contribution < -0.4 is 5.32 Å². The summed E-state index contributed by atoms with van der Waals surface area (Å²) in [4.78, 5) is 25.6. The summed E-state index contributed by atoms with van der Waals surface area (Å²) < 4.78 is 1.69. The fourth-order valence-corrected chi connectivity index (χ4v) is 2.64. The smallest absolute Gasteiger partial charge is 0.248 e. The SMILES string of the molecule is CCc1nn(C)c(NC(=O)C(C)N2CCCC2=O)c1C. The summed E-state index contributed by atoms with van der Waals surface area (Å²) in [5.74, 6) is 0.614. The number of rotatable bonds is 4. The summed E-state index contributed by atoms with van der Waals surface area (Å²) in [5.41, 5.74) is 1.97. The van der Waals surface area contributed by atoms with Crippen LogP contribution in [-0.4, -0.2) is 39.1 Å². The van der Waals surface area contributed by atoms with Gasteiger partial charge in [0.15, 0.2) is 0 Å². The van der Waals surface area contributed by atoms with Crippen LogP contribution in [-0.2, 0) is 23.1 Å². The van der Waals surface area contributed by atoms with Crippen molar-refractivity contribution in [3.05, 3.63) is 11.3 Å². The summed E-state index contributed by atoms with van der Waals surface area (Å²) in [6.07, 6.45) is 2.21. The van der Waals surface area contributed by atoms with E-state index in [1.807, 2.05) is 20.9 Å². The maximum Gasteiger partial charge on any atom is 0.248 e. The molecule has 1 aromatic rings. The largest absolute Gasteiger partial charge is 0.331 e. The Kier molecular flexibility index (Phi) is 4.11. The first-order valence-corrected chi connectivity index (χ1v) is 7.08. The Labute approximate surface area is 119 Å². The molecule has 0 spiro atoms. The van der Waals surface area contributed by atoms with Crippen LogP contribution in [0.3, 0.4) is 0 Å². The van der Waals surface area contributed by atoms with Crippen molar-refractivity contribution in [3.8, 4) is 0 Å². The van der Waals surface area contributed by atoms with E-state index >= 15 is 0 Å². The molecule has 1 aliphatic rings. The zero-order valence-electron chi connectivity index (χ0n) is 12.6. The van der Waals surface area contributed by atoms with Crippen LogP contribution in [0.4, 0.5) is 5.82 Å². The minimum atomic E-state index is -0.440. The Morgan fingerprint density at radius 2 is 2.20 bits per heavy atom. The Balaban J connectivity index is 2.11. The lowest BCUT2D eigenvalue weighted by atomic mass is 10.2. The molecule has 0 saturated carbocycles. The van der Waals surface area contributed by atoms with Crippen molar-refractivity contribution in [1.29, 1.82) is 0 Å². The van der Waals surface area contributed by atoms with E-state index < -0.39 is 6.04 Å². The van der Waals surface area contributed by atoms with E-state index in [0.717, 1.165) is 24.1 Å². The predicted molar refractivity (Wildman–Crippen MR) is 76.4 cm³/mol. The minimum absolute atomic E-state index is 0.0589. The highest BCUT2D eigenvalue weighted by Crippen LogP contribution is 2.20. The van der Waals surface area contributed by atoms with Gasteiger partial charge in [-0.05, 0) is 26.7 Å². The number of nitrogens with one attached hydrogen (secondary N) is 1. The second kappa shape index (κ2) is 5.64. The van der Waals surface area contributed by atoms with Crippen molar-refractivity contribution in [3.63, 3.8) is 0 Å². The fourth-order valence-electron chi connectivity index (χ4n) is 2.64. The molecule has 1 fully saturated rings. The summed E-state index contributed by atoms with van der Waals surface area (Å²) in [7, 11) is 1.81. The van der Waals surface area contributed by atoms with Gasteiger partial charge in [0.1, 0.15) is 11.9 Å². The van der Waals surface area contributed by atoms with Crippen LogP contribution in [0.2, 0.25) is 0 Å². The van der Waals surface area contributed by atoms with Crippen molar-refractivity contribution in [2.75, 3.05) is 11.9 Å². The Hall–Kier alpha value is -1.85. The van der Waals surface area contributed by atoms with Gasteiger partial charge in [0, 0.05) is 25.6 Å². The van der Waals surface area contributed by atoms with Crippen molar-refractivity contribution in [2.24, 2.45) is 7.05 Å². The molecule has 0 aliphatic carbocycles. The molecule has 2 amide bonds. The van der Waals surface area contributed by atoms with Crippen LogP contribution in [0, 0.1) is 6.92 Å². The topological polar surface area (TPSA) is 67.2 Å². The van der Waals surface area contributed by atoms with Crippen LogP contribution in [0.1, 0.15) is 37.9 Å².